The molecule has 10 aromatic rings. The number of pyridine rings is 3. The van der Waals surface area contributed by atoms with Crippen LogP contribution in [0, 0.1) is 46.4 Å². The first-order valence-electron chi connectivity index (χ1n) is 26.8. The number of benzene rings is 6. The van der Waals surface area contributed by atoms with Crippen molar-refractivity contribution in [3.8, 4) is 44.8 Å². The zero-order valence-electron chi connectivity index (χ0n) is 48.4. The van der Waals surface area contributed by atoms with Gasteiger partial charge in [0, 0.05) is 69.5 Å². The van der Waals surface area contributed by atoms with E-state index in [4.69, 9.17) is 25.0 Å². The zero-order chi connectivity index (χ0) is 54.2. The molecule has 0 aliphatic heterocycles. The van der Waals surface area contributed by atoms with E-state index >= 15 is 0 Å². The van der Waals surface area contributed by atoms with Crippen LogP contribution in [0.1, 0.15) is 74.8 Å². The molecule has 0 aliphatic rings. The molecule has 303 valence electrons. The summed E-state index contributed by atoms with van der Waals surface area (Å²) in [6.07, 6.45) is 2.57. The predicted molar refractivity (Wildman–Crippen MR) is 250 cm³/mol. The molecule has 10 rings (SSSR count). The van der Waals surface area contributed by atoms with Gasteiger partial charge in [0.05, 0.1) is 5.58 Å². The van der Waals surface area contributed by atoms with Crippen molar-refractivity contribution in [1.82, 2.24) is 15.0 Å². The topological polar surface area (TPSA) is 51.8 Å². The van der Waals surface area contributed by atoms with Crippen molar-refractivity contribution < 1.29 is 45.1 Å². The van der Waals surface area contributed by atoms with Crippen molar-refractivity contribution in [3.05, 3.63) is 185 Å². The number of nitrogens with zero attached hydrogens (tertiary/aromatic N) is 3. The van der Waals surface area contributed by atoms with E-state index in [0.717, 1.165) is 16.5 Å². The molecular formula is C56H47IrN3O-2. The number of aryl methyl sites for hydroxylation is 5. The van der Waals surface area contributed by atoms with E-state index in [-0.39, 0.29) is 64.6 Å². The Kier molecular flexibility index (Phi) is 7.33. The van der Waals surface area contributed by atoms with Gasteiger partial charge in [-0.1, -0.05) is 117 Å². The minimum atomic E-state index is -2.62. The third-order valence-corrected chi connectivity index (χ3v) is 10.6. The molecule has 0 spiro atoms. The van der Waals surface area contributed by atoms with Crippen molar-refractivity contribution in [2.75, 3.05) is 0 Å². The van der Waals surface area contributed by atoms with Crippen molar-refractivity contribution >= 4 is 43.6 Å². The first-order chi connectivity index (χ1) is 34.9. The quantitative estimate of drug-likeness (QED) is 0.165. The van der Waals surface area contributed by atoms with E-state index in [2.05, 4.69) is 72.1 Å². The molecule has 5 heteroatoms. The Hall–Kier alpha value is -6.26. The first-order valence-corrected chi connectivity index (χ1v) is 19.3. The van der Waals surface area contributed by atoms with Gasteiger partial charge in [-0.05, 0) is 118 Å². The van der Waals surface area contributed by atoms with E-state index in [1.54, 1.807) is 42.5 Å². The summed E-state index contributed by atoms with van der Waals surface area (Å²) in [5.41, 5.74) is 6.92. The second kappa shape index (κ2) is 16.7. The predicted octanol–water partition coefficient (Wildman–Crippen LogP) is 14.9. The molecule has 0 bridgehead atoms. The molecule has 6 aromatic carbocycles. The number of furan rings is 1. The molecule has 0 atom stereocenters. The third kappa shape index (κ3) is 8.29. The maximum Gasteiger partial charge on any atom is 0.147 e. The van der Waals surface area contributed by atoms with Gasteiger partial charge >= 0.3 is 0 Å². The molecule has 4 heterocycles. The summed E-state index contributed by atoms with van der Waals surface area (Å²) in [4.78, 5) is 13.1. The summed E-state index contributed by atoms with van der Waals surface area (Å²) in [6.45, 7) is -5.48. The number of hydrogen-bond donors (Lipinski definition) is 0. The largest absolute Gasteiger partial charge is 0.498 e. The average molecular weight is 985 g/mol. The molecule has 0 saturated carbocycles. The van der Waals surface area contributed by atoms with Crippen LogP contribution in [0.25, 0.3) is 88.4 Å². The van der Waals surface area contributed by atoms with Gasteiger partial charge in [0.25, 0.3) is 0 Å². The molecule has 61 heavy (non-hydrogen) atoms. The van der Waals surface area contributed by atoms with Crippen LogP contribution in [0.4, 0.5) is 0 Å². The minimum Gasteiger partial charge on any atom is -0.498 e. The van der Waals surface area contributed by atoms with Crippen LogP contribution in [-0.2, 0) is 25.5 Å². The average Bonchev–Trinajstić information content (AvgIpc) is 3.74. The van der Waals surface area contributed by atoms with Crippen molar-refractivity contribution in [3.63, 3.8) is 0 Å². The van der Waals surface area contributed by atoms with Crippen LogP contribution in [0.15, 0.2) is 144 Å². The van der Waals surface area contributed by atoms with E-state index in [9.17, 15) is 0 Å². The van der Waals surface area contributed by atoms with Gasteiger partial charge in [-0.2, -0.15) is 0 Å². The Morgan fingerprint density at radius 3 is 2.07 bits per heavy atom. The summed E-state index contributed by atoms with van der Waals surface area (Å²) in [5, 5.41) is 3.56. The summed E-state index contributed by atoms with van der Waals surface area (Å²) < 4.78 is 125. The van der Waals surface area contributed by atoms with Crippen molar-refractivity contribution in [2.24, 2.45) is 0 Å². The van der Waals surface area contributed by atoms with Crippen molar-refractivity contribution in [2.45, 2.75) is 60.4 Å². The van der Waals surface area contributed by atoms with E-state index in [0.29, 0.717) is 60.7 Å². The molecule has 0 saturated heterocycles. The summed E-state index contributed by atoms with van der Waals surface area (Å²) >= 11 is 0. The van der Waals surface area contributed by atoms with Gasteiger partial charge in [0.1, 0.15) is 11.1 Å². The first kappa shape index (κ1) is 26.8. The van der Waals surface area contributed by atoms with E-state index in [1.807, 2.05) is 36.4 Å². The fourth-order valence-electron chi connectivity index (χ4n) is 7.39. The number of aromatic nitrogens is 3. The standard InChI is InChI=1S/C43H35N2O.C13H12N.Ir/c1-25-20-32-21-30(28-14-17-33(18-15-28)43(4,5)6)12-13-31(32)22-37(25)38-23-39(44-24-26(38)2)36-9-7-8-34-35-19-16-29-11-10-27(3)45-40(29)42(35)46-41(34)36;1-10-3-6-12(7-4-10)13-8-5-11(2)9-14-13;/h7-8,10-24H,1-6H3;3-6,8-9H,1-2H3;/q2*-1;/i1D3,2D3,3D3;1D3,2D3;. The summed E-state index contributed by atoms with van der Waals surface area (Å²) in [7, 11) is 0. The number of fused-ring (bicyclic) bond motifs is 6. The van der Waals surface area contributed by atoms with Gasteiger partial charge in [0.2, 0.25) is 0 Å². The monoisotopic (exact) mass is 985 g/mol. The van der Waals surface area contributed by atoms with Crippen LogP contribution < -0.4 is 0 Å². The van der Waals surface area contributed by atoms with Crippen molar-refractivity contribution in [1.29, 1.82) is 0 Å². The van der Waals surface area contributed by atoms with Gasteiger partial charge in [-0.3, -0.25) is 0 Å². The van der Waals surface area contributed by atoms with Crippen LogP contribution in [0.3, 0.4) is 0 Å². The summed E-state index contributed by atoms with van der Waals surface area (Å²) in [6, 6.07) is 43.2. The number of rotatable bonds is 4. The Labute approximate surface area is 393 Å². The smallest absolute Gasteiger partial charge is 0.147 e. The van der Waals surface area contributed by atoms with E-state index < -0.39 is 34.3 Å². The van der Waals surface area contributed by atoms with Crippen LogP contribution in [0.5, 0.6) is 0 Å². The molecule has 0 N–H and O–H groups in total. The molecular weight excluding hydrogens is 923 g/mol. The van der Waals surface area contributed by atoms with Gasteiger partial charge in [-0.25, -0.2) is 4.98 Å². The zero-order valence-corrected chi connectivity index (χ0v) is 35.8. The second-order valence-electron chi connectivity index (χ2n) is 15.7. The molecule has 0 unspecified atom stereocenters. The molecule has 4 nitrogen and oxygen atoms in total. The van der Waals surface area contributed by atoms with Crippen LogP contribution in [-0.4, -0.2) is 15.0 Å². The SMILES string of the molecule is [2H]C([2H])([2H])c1c[c-]c(-c2ccc(C([2H])([2H])[2H])cn2)cc1.[2H]C([2H])([2H])c1ccc2ccc3c4cc[c-]c(-c5cc(-c6cc7ccc(-c8ccc(C(C)(C)C)cc8)cc7cc6C([2H])([2H])[2H])c(C([2H])([2H])[2H])cn5)c4oc3c2n1.[Ir]. The molecule has 1 radical (unpaired) electrons. The molecule has 0 aliphatic carbocycles. The van der Waals surface area contributed by atoms with Gasteiger partial charge < -0.3 is 14.4 Å². The fraction of sp³-hybridized carbons (Fsp3) is 0.161. The molecule has 0 amide bonds. The summed E-state index contributed by atoms with van der Waals surface area (Å²) in [5.74, 6) is 0. The Morgan fingerprint density at radius 2 is 1.33 bits per heavy atom. The number of hydrogen-bond acceptors (Lipinski definition) is 4. The van der Waals surface area contributed by atoms with Crippen LogP contribution in [0.2, 0.25) is 0 Å². The van der Waals surface area contributed by atoms with E-state index in [1.165, 1.54) is 42.2 Å². The third-order valence-electron chi connectivity index (χ3n) is 10.6. The minimum absolute atomic E-state index is 0. The maximum absolute atomic E-state index is 8.59. The maximum atomic E-state index is 8.59. The molecule has 0 fully saturated rings. The Bertz CT molecular complexity index is 3720. The van der Waals surface area contributed by atoms with Crippen LogP contribution >= 0.6 is 0 Å². The Morgan fingerprint density at radius 1 is 0.574 bits per heavy atom. The van der Waals surface area contributed by atoms with Gasteiger partial charge in [0.15, 0.2) is 0 Å². The molecule has 4 aromatic heterocycles. The van der Waals surface area contributed by atoms with Gasteiger partial charge in [-0.15, -0.1) is 53.6 Å². The Balaban J connectivity index is 0.000000307. The fourth-order valence-corrected chi connectivity index (χ4v) is 7.39. The normalized spacial score (nSPS) is 16.1. The second-order valence-corrected chi connectivity index (χ2v) is 15.7.